The number of carbonyl (C=O) groups excluding carboxylic acids is 1. The minimum absolute atomic E-state index is 0.190. The van der Waals surface area contributed by atoms with E-state index in [1.165, 1.54) is 5.56 Å². The summed E-state index contributed by atoms with van der Waals surface area (Å²) >= 11 is 1.68. The number of amides is 1. The lowest BCUT2D eigenvalue weighted by molar-refractivity contribution is -0.118. The molecule has 1 aromatic heterocycles. The van der Waals surface area contributed by atoms with Gasteiger partial charge in [-0.1, -0.05) is 19.1 Å². The number of aromatic nitrogens is 1. The van der Waals surface area contributed by atoms with Crippen LogP contribution in [0.25, 0.3) is 0 Å². The molecule has 0 saturated carbocycles. The average molecular weight is 415 g/mol. The maximum absolute atomic E-state index is 12.5. The number of piperazine rings is 1. The maximum atomic E-state index is 12.5. The van der Waals surface area contributed by atoms with Gasteiger partial charge in [0.1, 0.15) is 0 Å². The van der Waals surface area contributed by atoms with Gasteiger partial charge in [0.25, 0.3) is 0 Å². The summed E-state index contributed by atoms with van der Waals surface area (Å²) in [5, 5.41) is 13.9. The Morgan fingerprint density at radius 3 is 2.79 bits per heavy atom. The van der Waals surface area contributed by atoms with E-state index in [1.54, 1.807) is 11.3 Å². The second-order valence-electron chi connectivity index (χ2n) is 8.07. The van der Waals surface area contributed by atoms with Crippen LogP contribution in [0.2, 0.25) is 0 Å². The lowest BCUT2D eigenvalue weighted by Crippen LogP contribution is -2.47. The van der Waals surface area contributed by atoms with Gasteiger partial charge in [0.05, 0.1) is 6.10 Å². The van der Waals surface area contributed by atoms with Crippen LogP contribution in [0.15, 0.2) is 29.8 Å². The molecule has 1 amide bonds. The first-order valence-corrected chi connectivity index (χ1v) is 11.4. The number of hydrogen-bond donors (Lipinski definition) is 1. The summed E-state index contributed by atoms with van der Waals surface area (Å²) in [7, 11) is 0. The Morgan fingerprint density at radius 1 is 1.31 bits per heavy atom. The number of fused-ring (bicyclic) bond motifs is 1. The number of nitrogens with zero attached hydrogens (tertiary/aromatic N) is 4. The number of rotatable bonds is 6. The average Bonchev–Trinajstić information content (AvgIpc) is 3.35. The number of hydrogen-bond acceptors (Lipinski definition) is 6. The van der Waals surface area contributed by atoms with Gasteiger partial charge in [-0.05, 0) is 37.0 Å². The van der Waals surface area contributed by atoms with E-state index in [4.69, 9.17) is 0 Å². The molecule has 2 aromatic rings. The molecule has 3 heterocycles. The van der Waals surface area contributed by atoms with Crippen LogP contribution in [0, 0.1) is 0 Å². The van der Waals surface area contributed by atoms with E-state index < -0.39 is 6.10 Å². The molecule has 0 spiro atoms. The lowest BCUT2D eigenvalue weighted by Gasteiger charge is -2.35. The first-order valence-electron chi connectivity index (χ1n) is 10.6. The maximum Gasteiger partial charge on any atom is 0.227 e. The SMILES string of the molecule is CCCC(=O)N1c2ccc([C@H](O)CN3CCN(c4nccs4)CC3)cc2C[C@@H]1C. The highest BCUT2D eigenvalue weighted by Gasteiger charge is 2.31. The molecule has 0 unspecified atom stereocenters. The molecule has 2 aliphatic heterocycles. The third-order valence-corrected chi connectivity index (χ3v) is 6.76. The monoisotopic (exact) mass is 414 g/mol. The van der Waals surface area contributed by atoms with Crippen molar-refractivity contribution in [1.82, 2.24) is 9.88 Å². The Bertz CT molecular complexity index is 833. The Balaban J connectivity index is 1.37. The van der Waals surface area contributed by atoms with Crippen molar-refractivity contribution < 1.29 is 9.90 Å². The molecule has 2 atom stereocenters. The van der Waals surface area contributed by atoms with Crippen LogP contribution in [0.5, 0.6) is 0 Å². The van der Waals surface area contributed by atoms with Crippen molar-refractivity contribution in [3.05, 3.63) is 40.9 Å². The quantitative estimate of drug-likeness (QED) is 0.787. The van der Waals surface area contributed by atoms with Crippen molar-refractivity contribution in [2.24, 2.45) is 0 Å². The van der Waals surface area contributed by atoms with E-state index in [2.05, 4.69) is 27.8 Å². The van der Waals surface area contributed by atoms with Gasteiger partial charge in [-0.3, -0.25) is 9.69 Å². The van der Waals surface area contributed by atoms with Crippen LogP contribution in [-0.2, 0) is 11.2 Å². The number of aliphatic hydroxyl groups excluding tert-OH is 1. The number of aliphatic hydroxyl groups is 1. The van der Waals surface area contributed by atoms with E-state index in [1.807, 2.05) is 35.5 Å². The predicted molar refractivity (Wildman–Crippen MR) is 118 cm³/mol. The molecule has 1 fully saturated rings. The predicted octanol–water partition coefficient (Wildman–Crippen LogP) is 3.08. The van der Waals surface area contributed by atoms with Gasteiger partial charge in [0, 0.05) is 62.5 Å². The number of β-amino-alcohol motifs (C(OH)–C–C–N with tert-alkyl or cyclic N) is 1. The van der Waals surface area contributed by atoms with Gasteiger partial charge >= 0.3 is 0 Å². The molecule has 2 aliphatic rings. The van der Waals surface area contributed by atoms with Gasteiger partial charge < -0.3 is 14.9 Å². The van der Waals surface area contributed by atoms with Crippen molar-refractivity contribution in [3.8, 4) is 0 Å². The molecule has 4 rings (SSSR count). The molecule has 7 heteroatoms. The number of benzene rings is 1. The Labute approximate surface area is 176 Å². The standard InChI is InChI=1S/C22H30N4O2S/c1-3-4-21(28)26-16(2)13-18-14-17(5-6-19(18)26)20(27)15-24-8-10-25(11-9-24)22-23-7-12-29-22/h5-7,12,14,16,20,27H,3-4,8-11,13,15H2,1-2H3/t16-,20+/m0/s1. The van der Waals surface area contributed by atoms with Gasteiger partial charge in [-0.25, -0.2) is 4.98 Å². The fourth-order valence-corrected chi connectivity index (χ4v) is 5.11. The van der Waals surface area contributed by atoms with Crippen molar-refractivity contribution in [1.29, 1.82) is 0 Å². The highest BCUT2D eigenvalue weighted by molar-refractivity contribution is 7.13. The lowest BCUT2D eigenvalue weighted by atomic mass is 10.0. The Morgan fingerprint density at radius 2 is 2.10 bits per heavy atom. The topological polar surface area (TPSA) is 59.9 Å². The third-order valence-electron chi connectivity index (χ3n) is 5.93. The molecule has 156 valence electrons. The first kappa shape index (κ1) is 20.3. The van der Waals surface area contributed by atoms with Crippen LogP contribution >= 0.6 is 11.3 Å². The number of thiazole rings is 1. The highest BCUT2D eigenvalue weighted by atomic mass is 32.1. The summed E-state index contributed by atoms with van der Waals surface area (Å²) in [5.74, 6) is 0.199. The second-order valence-corrected chi connectivity index (χ2v) is 8.95. The smallest absolute Gasteiger partial charge is 0.227 e. The van der Waals surface area contributed by atoms with Gasteiger partial charge in [0.2, 0.25) is 5.91 Å². The van der Waals surface area contributed by atoms with E-state index in [0.717, 1.165) is 55.4 Å². The second kappa shape index (κ2) is 8.81. The third kappa shape index (κ3) is 4.32. The first-order chi connectivity index (χ1) is 14.1. The molecule has 6 nitrogen and oxygen atoms in total. The van der Waals surface area contributed by atoms with Crippen LogP contribution in [0.3, 0.4) is 0 Å². The van der Waals surface area contributed by atoms with Gasteiger partial charge in [0.15, 0.2) is 5.13 Å². The summed E-state index contributed by atoms with van der Waals surface area (Å²) < 4.78 is 0. The molecule has 0 bridgehead atoms. The molecule has 0 radical (unpaired) electrons. The van der Waals surface area contributed by atoms with Crippen LogP contribution in [0.1, 0.15) is 43.9 Å². The summed E-state index contributed by atoms with van der Waals surface area (Å²) in [6.45, 7) is 8.52. The zero-order chi connectivity index (χ0) is 20.4. The van der Waals surface area contributed by atoms with E-state index in [0.29, 0.717) is 13.0 Å². The normalized spacial score (nSPS) is 20.7. The fraction of sp³-hybridized carbons (Fsp3) is 0.545. The Kier molecular flexibility index (Phi) is 6.18. The van der Waals surface area contributed by atoms with Crippen molar-refractivity contribution in [3.63, 3.8) is 0 Å². The summed E-state index contributed by atoms with van der Waals surface area (Å²) in [4.78, 5) is 23.4. The van der Waals surface area contributed by atoms with Crippen molar-refractivity contribution in [2.75, 3.05) is 42.5 Å². The minimum atomic E-state index is -0.512. The highest BCUT2D eigenvalue weighted by Crippen LogP contribution is 2.35. The zero-order valence-electron chi connectivity index (χ0n) is 17.3. The molecule has 29 heavy (non-hydrogen) atoms. The number of carbonyl (C=O) groups is 1. The van der Waals surface area contributed by atoms with Crippen molar-refractivity contribution >= 4 is 28.1 Å². The molecule has 0 aliphatic carbocycles. The summed E-state index contributed by atoms with van der Waals surface area (Å²) in [5.41, 5.74) is 3.14. The van der Waals surface area contributed by atoms with Gasteiger partial charge in [-0.2, -0.15) is 0 Å². The molecule has 1 aromatic carbocycles. The van der Waals surface area contributed by atoms with Crippen LogP contribution < -0.4 is 9.80 Å². The fourth-order valence-electron chi connectivity index (χ4n) is 4.42. The molecular formula is C22H30N4O2S. The molecule has 1 N–H and O–H groups in total. The largest absolute Gasteiger partial charge is 0.387 e. The van der Waals surface area contributed by atoms with Crippen molar-refractivity contribution in [2.45, 2.75) is 45.3 Å². The van der Waals surface area contributed by atoms with E-state index >= 15 is 0 Å². The minimum Gasteiger partial charge on any atom is -0.387 e. The zero-order valence-corrected chi connectivity index (χ0v) is 18.1. The van der Waals surface area contributed by atoms with E-state index in [-0.39, 0.29) is 11.9 Å². The number of anilines is 2. The summed E-state index contributed by atoms with van der Waals surface area (Å²) in [6, 6.07) is 6.29. The van der Waals surface area contributed by atoms with Crippen LogP contribution in [-0.4, -0.2) is 59.7 Å². The summed E-state index contributed by atoms with van der Waals surface area (Å²) in [6.07, 6.45) is 3.65. The van der Waals surface area contributed by atoms with Gasteiger partial charge in [-0.15, -0.1) is 11.3 Å². The molecular weight excluding hydrogens is 384 g/mol. The Hall–Kier alpha value is -1.96. The van der Waals surface area contributed by atoms with E-state index in [9.17, 15) is 9.90 Å². The van der Waals surface area contributed by atoms with Crippen LogP contribution in [0.4, 0.5) is 10.8 Å². The molecule has 1 saturated heterocycles.